The van der Waals surface area contributed by atoms with Gasteiger partial charge in [-0.1, -0.05) is 48.0 Å². The third-order valence-corrected chi connectivity index (χ3v) is 10.9. The highest BCUT2D eigenvalue weighted by Crippen LogP contribution is 2.38. The van der Waals surface area contributed by atoms with Crippen LogP contribution in [0.4, 0.5) is 40.0 Å². The molecule has 58 heavy (non-hydrogen) atoms. The molecule has 7 rings (SSSR count). The van der Waals surface area contributed by atoms with Crippen LogP contribution < -0.4 is 20.7 Å². The number of halogens is 4. The first kappa shape index (κ1) is 40.2. The number of esters is 1. The number of nitrogens with zero attached hydrogens (tertiary/aromatic N) is 5. The van der Waals surface area contributed by atoms with Crippen molar-refractivity contribution < 1.29 is 41.8 Å². The Bertz CT molecular complexity index is 2140. The second kappa shape index (κ2) is 17.2. The fraction of sp³-hybridized carbons (Fsp3) is 0.341. The molecule has 3 N–H and O–H groups in total. The van der Waals surface area contributed by atoms with Crippen LogP contribution in [-0.4, -0.2) is 102 Å². The van der Waals surface area contributed by atoms with Crippen LogP contribution in [-0.2, 0) is 28.5 Å². The Hall–Kier alpha value is -6.03. The molecule has 17 heteroatoms. The van der Waals surface area contributed by atoms with Gasteiger partial charge in [0.05, 0.1) is 21.8 Å². The molecule has 2 fully saturated rings. The molecule has 4 heterocycles. The Labute approximate surface area is 337 Å². The second-order valence-corrected chi connectivity index (χ2v) is 14.7. The number of anilines is 3. The van der Waals surface area contributed by atoms with Gasteiger partial charge in [0, 0.05) is 70.2 Å². The van der Waals surface area contributed by atoms with E-state index >= 15 is 0 Å². The first-order valence-corrected chi connectivity index (χ1v) is 19.2. The van der Waals surface area contributed by atoms with Crippen molar-refractivity contribution in [1.29, 1.82) is 0 Å². The van der Waals surface area contributed by atoms with Crippen LogP contribution in [0.15, 0.2) is 85.1 Å². The molecule has 1 aromatic heterocycles. The van der Waals surface area contributed by atoms with Crippen molar-refractivity contribution in [2.45, 2.75) is 44.0 Å². The van der Waals surface area contributed by atoms with E-state index in [9.17, 15) is 32.3 Å². The number of nitrogens with one attached hydrogen (secondary N) is 1. The number of amides is 4. The number of fused-ring (bicyclic) bond motifs is 1. The molecule has 0 spiro atoms. The second-order valence-electron chi connectivity index (χ2n) is 14.3. The van der Waals surface area contributed by atoms with E-state index in [1.807, 2.05) is 29.2 Å². The number of carbonyl (C=O) groups excluding carboxylic acids is 4. The molecule has 4 amide bonds. The van der Waals surface area contributed by atoms with Gasteiger partial charge < -0.3 is 40.1 Å². The van der Waals surface area contributed by atoms with Crippen molar-refractivity contribution in [3.8, 4) is 5.75 Å². The number of likely N-dealkylation sites (tertiary alicyclic amines) is 1. The normalized spacial score (nSPS) is 16.9. The number of benzene rings is 3. The van der Waals surface area contributed by atoms with Crippen LogP contribution >= 0.6 is 11.6 Å². The molecule has 3 aliphatic heterocycles. The SMILES string of the molecule is Nc1c(Cl)cc(C[C@@H](OC(=O)N2CCC(N3CCc4ccccc4NC3=O)CC2)C(=O)N2CCN(c3ccc(C(=O)Oc4ccccc4)cn3)CC2)cc1C(F)(F)F. The Morgan fingerprint density at radius 3 is 2.29 bits per heavy atom. The summed E-state index contributed by atoms with van der Waals surface area (Å²) >= 11 is 6.12. The number of nitrogen functional groups attached to an aromatic ring is 1. The third kappa shape index (κ3) is 9.23. The largest absolute Gasteiger partial charge is 0.436 e. The van der Waals surface area contributed by atoms with Gasteiger partial charge >= 0.3 is 24.3 Å². The number of piperidine rings is 1. The van der Waals surface area contributed by atoms with E-state index in [1.165, 1.54) is 22.1 Å². The lowest BCUT2D eigenvalue weighted by atomic mass is 10.0. The van der Waals surface area contributed by atoms with Crippen molar-refractivity contribution in [3.63, 3.8) is 0 Å². The Balaban J connectivity index is 1.00. The predicted molar refractivity (Wildman–Crippen MR) is 210 cm³/mol. The van der Waals surface area contributed by atoms with Gasteiger partial charge in [0.25, 0.3) is 5.91 Å². The highest BCUT2D eigenvalue weighted by molar-refractivity contribution is 6.33. The molecule has 0 unspecified atom stereocenters. The number of hydrogen-bond acceptors (Lipinski definition) is 9. The minimum atomic E-state index is -4.82. The fourth-order valence-corrected chi connectivity index (χ4v) is 7.66. The minimum absolute atomic E-state index is 0.0123. The maximum Gasteiger partial charge on any atom is 0.418 e. The predicted octanol–water partition coefficient (Wildman–Crippen LogP) is 6.51. The van der Waals surface area contributed by atoms with E-state index in [4.69, 9.17) is 26.8 Å². The first-order chi connectivity index (χ1) is 27.8. The summed E-state index contributed by atoms with van der Waals surface area (Å²) in [4.78, 5) is 64.5. The molecule has 1 atom stereocenters. The Kier molecular flexibility index (Phi) is 11.9. The molecule has 0 saturated carbocycles. The van der Waals surface area contributed by atoms with E-state index in [0.29, 0.717) is 50.5 Å². The van der Waals surface area contributed by atoms with Crippen molar-refractivity contribution in [3.05, 3.63) is 112 Å². The lowest BCUT2D eigenvalue weighted by Crippen LogP contribution is -2.54. The number of urea groups is 1. The number of rotatable bonds is 8. The van der Waals surface area contributed by atoms with E-state index in [-0.39, 0.29) is 60.8 Å². The summed E-state index contributed by atoms with van der Waals surface area (Å²) in [6.45, 7) is 2.04. The number of aromatic nitrogens is 1. The van der Waals surface area contributed by atoms with Crippen molar-refractivity contribution >= 4 is 52.8 Å². The molecule has 3 aliphatic rings. The van der Waals surface area contributed by atoms with E-state index in [2.05, 4.69) is 10.3 Å². The number of alkyl halides is 3. The number of carbonyl (C=O) groups is 4. The standard InChI is InChI=1S/C41H41ClF3N7O6/c42-32-23-26(22-31(36(32)46)41(43,44)45)24-34(58-40(56)51-15-13-29(14-16-51)52-17-12-27-6-4-5-9-33(27)48-39(52)55)37(53)50-20-18-49(19-21-50)35-11-10-28(25-47-35)38(54)57-30-7-2-1-3-8-30/h1-11,22-23,25,29,34H,12-21,24,46H2,(H,48,55)/t34-/m1/s1. The summed E-state index contributed by atoms with van der Waals surface area (Å²) < 4.78 is 52.9. The molecule has 3 aromatic carbocycles. The zero-order valence-electron chi connectivity index (χ0n) is 31.3. The van der Waals surface area contributed by atoms with Crippen LogP contribution in [0.25, 0.3) is 0 Å². The zero-order chi connectivity index (χ0) is 41.0. The average Bonchev–Trinajstić information content (AvgIpc) is 3.39. The van der Waals surface area contributed by atoms with Crippen LogP contribution in [0, 0.1) is 0 Å². The topological polar surface area (TPSA) is 151 Å². The molecule has 2 saturated heterocycles. The molecule has 0 bridgehead atoms. The summed E-state index contributed by atoms with van der Waals surface area (Å²) in [5.74, 6) is -0.186. The summed E-state index contributed by atoms with van der Waals surface area (Å²) in [6, 6.07) is 21.2. The van der Waals surface area contributed by atoms with Crippen molar-refractivity contribution in [1.82, 2.24) is 19.7 Å². The number of piperazine rings is 1. The number of nitrogens with two attached hydrogens (primary N) is 1. The number of hydrogen-bond donors (Lipinski definition) is 2. The van der Waals surface area contributed by atoms with Gasteiger partial charge in [0.2, 0.25) is 0 Å². The zero-order valence-corrected chi connectivity index (χ0v) is 32.0. The van der Waals surface area contributed by atoms with Gasteiger partial charge in [0.1, 0.15) is 11.6 Å². The first-order valence-electron chi connectivity index (χ1n) is 18.9. The van der Waals surface area contributed by atoms with Crippen LogP contribution in [0.3, 0.4) is 0 Å². The lowest BCUT2D eigenvalue weighted by Gasteiger charge is -2.39. The third-order valence-electron chi connectivity index (χ3n) is 10.6. The maximum atomic E-state index is 14.1. The summed E-state index contributed by atoms with van der Waals surface area (Å²) in [6.07, 6.45) is -4.48. The summed E-state index contributed by atoms with van der Waals surface area (Å²) in [5, 5.41) is 2.63. The van der Waals surface area contributed by atoms with Gasteiger partial charge in [-0.15, -0.1) is 0 Å². The molecule has 4 aromatic rings. The van der Waals surface area contributed by atoms with E-state index in [1.54, 1.807) is 47.4 Å². The molecule has 13 nitrogen and oxygen atoms in total. The number of pyridine rings is 1. The van der Waals surface area contributed by atoms with Gasteiger partial charge in [0.15, 0.2) is 6.10 Å². The van der Waals surface area contributed by atoms with E-state index < -0.39 is 41.5 Å². The average molecular weight is 820 g/mol. The van der Waals surface area contributed by atoms with Gasteiger partial charge in [-0.2, -0.15) is 13.2 Å². The summed E-state index contributed by atoms with van der Waals surface area (Å²) in [7, 11) is 0. The highest BCUT2D eigenvalue weighted by Gasteiger charge is 2.38. The van der Waals surface area contributed by atoms with Gasteiger partial charge in [-0.05, 0) is 72.9 Å². The number of ether oxygens (including phenoxy) is 2. The molecular weight excluding hydrogens is 779 g/mol. The smallest absolute Gasteiger partial charge is 0.418 e. The highest BCUT2D eigenvalue weighted by atomic mass is 35.5. The molecule has 304 valence electrons. The fourth-order valence-electron chi connectivity index (χ4n) is 7.42. The molecule has 0 aliphatic carbocycles. The quantitative estimate of drug-likeness (QED) is 0.115. The Morgan fingerprint density at radius 1 is 0.897 bits per heavy atom. The maximum absolute atomic E-state index is 14.1. The minimum Gasteiger partial charge on any atom is -0.436 e. The van der Waals surface area contributed by atoms with Crippen molar-refractivity contribution in [2.24, 2.45) is 0 Å². The van der Waals surface area contributed by atoms with Gasteiger partial charge in [-0.3, -0.25) is 4.79 Å². The summed E-state index contributed by atoms with van der Waals surface area (Å²) in [5.41, 5.74) is 5.94. The van der Waals surface area contributed by atoms with Crippen LogP contribution in [0.2, 0.25) is 5.02 Å². The van der Waals surface area contributed by atoms with Crippen LogP contribution in [0.1, 0.15) is 39.9 Å². The monoisotopic (exact) mass is 819 g/mol. The molecular formula is C41H41ClF3N7O6. The van der Waals surface area contributed by atoms with E-state index in [0.717, 1.165) is 17.3 Å². The molecule has 0 radical (unpaired) electrons. The number of para-hydroxylation sites is 2. The van der Waals surface area contributed by atoms with Gasteiger partial charge in [-0.25, -0.2) is 19.4 Å². The lowest BCUT2D eigenvalue weighted by molar-refractivity contribution is -0.141. The Morgan fingerprint density at radius 2 is 1.60 bits per heavy atom. The van der Waals surface area contributed by atoms with Crippen molar-refractivity contribution in [2.75, 3.05) is 61.8 Å². The van der Waals surface area contributed by atoms with Crippen LogP contribution in [0.5, 0.6) is 5.75 Å².